The molecule has 1 amide bonds. The van der Waals surface area contributed by atoms with Gasteiger partial charge in [-0.1, -0.05) is 47.5 Å². The molecular formula is C20H23Cl2N3O3S. The van der Waals surface area contributed by atoms with Crippen LogP contribution in [0.25, 0.3) is 0 Å². The first-order chi connectivity index (χ1) is 13.8. The average molecular weight is 456 g/mol. The van der Waals surface area contributed by atoms with Crippen molar-refractivity contribution < 1.29 is 13.2 Å². The summed E-state index contributed by atoms with van der Waals surface area (Å²) in [6.07, 6.45) is 0.912. The van der Waals surface area contributed by atoms with Gasteiger partial charge in [-0.2, -0.15) is 4.31 Å². The van der Waals surface area contributed by atoms with Crippen LogP contribution >= 0.6 is 23.2 Å². The Kier molecular flexibility index (Phi) is 7.19. The third kappa shape index (κ3) is 5.29. The summed E-state index contributed by atoms with van der Waals surface area (Å²) in [6.45, 7) is 1.36. The minimum absolute atomic E-state index is 0.0660. The minimum Gasteiger partial charge on any atom is -0.352 e. The van der Waals surface area contributed by atoms with Gasteiger partial charge in [0.25, 0.3) is 0 Å². The van der Waals surface area contributed by atoms with E-state index in [1.807, 2.05) is 24.3 Å². The second-order valence-corrected chi connectivity index (χ2v) is 9.78. The van der Waals surface area contributed by atoms with Crippen LogP contribution in [0.4, 0.5) is 0 Å². The number of benzene rings is 2. The number of nitrogens with two attached hydrogens (primary N) is 1. The number of hydrogen-bond donors (Lipinski definition) is 2. The predicted molar refractivity (Wildman–Crippen MR) is 114 cm³/mol. The monoisotopic (exact) mass is 455 g/mol. The van der Waals surface area contributed by atoms with E-state index in [0.29, 0.717) is 25.9 Å². The number of nitrogens with zero attached hydrogens (tertiary/aromatic N) is 1. The quantitative estimate of drug-likeness (QED) is 0.699. The zero-order chi connectivity index (χ0) is 21.0. The minimum atomic E-state index is -3.70. The van der Waals surface area contributed by atoms with Crippen molar-refractivity contribution in [2.45, 2.75) is 30.8 Å². The molecule has 0 atom stereocenters. The second kappa shape index (κ2) is 9.45. The zero-order valence-corrected chi connectivity index (χ0v) is 18.1. The molecule has 1 fully saturated rings. The molecule has 0 bridgehead atoms. The van der Waals surface area contributed by atoms with Crippen LogP contribution in [-0.4, -0.2) is 31.7 Å². The van der Waals surface area contributed by atoms with Crippen molar-refractivity contribution in [3.63, 3.8) is 0 Å². The lowest BCUT2D eigenvalue weighted by Crippen LogP contribution is -2.42. The van der Waals surface area contributed by atoms with Crippen molar-refractivity contribution in [2.24, 2.45) is 11.7 Å². The number of amides is 1. The van der Waals surface area contributed by atoms with Crippen molar-refractivity contribution >= 4 is 39.1 Å². The first kappa shape index (κ1) is 22.1. The fraction of sp³-hybridized carbons (Fsp3) is 0.350. The Morgan fingerprint density at radius 2 is 1.66 bits per heavy atom. The second-order valence-electron chi connectivity index (χ2n) is 6.97. The first-order valence-corrected chi connectivity index (χ1v) is 11.5. The Morgan fingerprint density at radius 1 is 1.07 bits per heavy atom. The number of sulfonamides is 1. The van der Waals surface area contributed by atoms with Gasteiger partial charge in [0.15, 0.2) is 0 Å². The van der Waals surface area contributed by atoms with Crippen molar-refractivity contribution in [1.82, 2.24) is 9.62 Å². The van der Waals surface area contributed by atoms with E-state index < -0.39 is 10.0 Å². The molecule has 1 heterocycles. The number of halogens is 2. The standard InChI is InChI=1S/C20H23Cl2N3O3S/c21-17-9-18(22)11-19(10-17)29(27,28)25-7-5-14(6-8-25)20(26)24-13-16-4-2-1-3-15(16)12-23/h1-4,9-11,14H,5-8,12-13,23H2,(H,24,26). The highest BCUT2D eigenvalue weighted by atomic mass is 35.5. The Labute approximate surface area is 181 Å². The Hall–Kier alpha value is -1.64. The van der Waals surface area contributed by atoms with Gasteiger partial charge < -0.3 is 11.1 Å². The van der Waals surface area contributed by atoms with E-state index in [-0.39, 0.29) is 39.9 Å². The number of carbonyl (C=O) groups is 1. The molecule has 2 aromatic rings. The van der Waals surface area contributed by atoms with E-state index in [1.165, 1.54) is 22.5 Å². The molecule has 29 heavy (non-hydrogen) atoms. The summed E-state index contributed by atoms with van der Waals surface area (Å²) in [4.78, 5) is 12.6. The van der Waals surface area contributed by atoms with Crippen LogP contribution in [0.15, 0.2) is 47.4 Å². The first-order valence-electron chi connectivity index (χ1n) is 9.32. The van der Waals surface area contributed by atoms with Crippen LogP contribution < -0.4 is 11.1 Å². The highest BCUT2D eigenvalue weighted by Crippen LogP contribution is 2.28. The summed E-state index contributed by atoms with van der Waals surface area (Å²) >= 11 is 11.9. The molecule has 3 rings (SSSR count). The van der Waals surface area contributed by atoms with Crippen molar-refractivity contribution in [3.8, 4) is 0 Å². The molecule has 156 valence electrons. The smallest absolute Gasteiger partial charge is 0.243 e. The normalized spacial score (nSPS) is 16.0. The van der Waals surface area contributed by atoms with Crippen LogP contribution in [0, 0.1) is 5.92 Å². The van der Waals surface area contributed by atoms with Crippen LogP contribution in [0.3, 0.4) is 0 Å². The van der Waals surface area contributed by atoms with Crippen LogP contribution in [-0.2, 0) is 27.9 Å². The van der Waals surface area contributed by atoms with E-state index >= 15 is 0 Å². The highest BCUT2D eigenvalue weighted by Gasteiger charge is 2.32. The maximum absolute atomic E-state index is 12.8. The molecule has 1 saturated heterocycles. The third-order valence-electron chi connectivity index (χ3n) is 5.09. The lowest BCUT2D eigenvalue weighted by Gasteiger charge is -2.30. The van der Waals surface area contributed by atoms with Crippen LogP contribution in [0.2, 0.25) is 10.0 Å². The lowest BCUT2D eigenvalue weighted by atomic mass is 9.97. The Morgan fingerprint density at radius 3 is 2.24 bits per heavy atom. The summed E-state index contributed by atoms with van der Waals surface area (Å²) < 4.78 is 27.1. The van der Waals surface area contributed by atoms with E-state index in [4.69, 9.17) is 28.9 Å². The Balaban J connectivity index is 1.59. The van der Waals surface area contributed by atoms with E-state index in [1.54, 1.807) is 0 Å². The summed E-state index contributed by atoms with van der Waals surface area (Å²) in [6, 6.07) is 12.0. The molecule has 1 aliphatic heterocycles. The average Bonchev–Trinajstić information content (AvgIpc) is 2.71. The molecular weight excluding hydrogens is 433 g/mol. The number of piperidine rings is 1. The molecule has 9 heteroatoms. The maximum Gasteiger partial charge on any atom is 0.243 e. The van der Waals surface area contributed by atoms with Gasteiger partial charge in [0.05, 0.1) is 4.90 Å². The third-order valence-corrected chi connectivity index (χ3v) is 7.40. The van der Waals surface area contributed by atoms with Crippen molar-refractivity contribution in [3.05, 3.63) is 63.6 Å². The molecule has 3 N–H and O–H groups in total. The number of nitrogens with one attached hydrogen (secondary N) is 1. The molecule has 0 aromatic heterocycles. The van der Waals surface area contributed by atoms with Crippen LogP contribution in [0.5, 0.6) is 0 Å². The van der Waals surface area contributed by atoms with Gasteiger partial charge in [0.1, 0.15) is 0 Å². The summed E-state index contributed by atoms with van der Waals surface area (Å²) in [5.41, 5.74) is 7.71. The Bertz CT molecular complexity index is 970. The topological polar surface area (TPSA) is 92.5 Å². The predicted octanol–water partition coefficient (Wildman–Crippen LogP) is 3.17. The van der Waals surface area contributed by atoms with Gasteiger partial charge in [0, 0.05) is 42.1 Å². The summed E-state index contributed by atoms with van der Waals surface area (Å²) in [5.74, 6) is -0.297. The fourth-order valence-electron chi connectivity index (χ4n) is 3.44. The van der Waals surface area contributed by atoms with E-state index in [0.717, 1.165) is 11.1 Å². The fourth-order valence-corrected chi connectivity index (χ4v) is 5.64. The molecule has 0 aliphatic carbocycles. The summed E-state index contributed by atoms with van der Waals surface area (Å²) in [7, 11) is -3.70. The van der Waals surface area contributed by atoms with E-state index in [2.05, 4.69) is 5.32 Å². The molecule has 0 unspecified atom stereocenters. The van der Waals surface area contributed by atoms with Crippen molar-refractivity contribution in [2.75, 3.05) is 13.1 Å². The van der Waals surface area contributed by atoms with Gasteiger partial charge in [-0.3, -0.25) is 4.79 Å². The van der Waals surface area contributed by atoms with Crippen molar-refractivity contribution in [1.29, 1.82) is 0 Å². The van der Waals surface area contributed by atoms with Crippen LogP contribution in [0.1, 0.15) is 24.0 Å². The summed E-state index contributed by atoms with van der Waals surface area (Å²) in [5, 5.41) is 3.48. The highest BCUT2D eigenvalue weighted by molar-refractivity contribution is 7.89. The zero-order valence-electron chi connectivity index (χ0n) is 15.8. The largest absolute Gasteiger partial charge is 0.352 e. The molecule has 0 radical (unpaired) electrons. The number of hydrogen-bond acceptors (Lipinski definition) is 4. The maximum atomic E-state index is 12.8. The molecule has 0 spiro atoms. The number of carbonyl (C=O) groups excluding carboxylic acids is 1. The lowest BCUT2D eigenvalue weighted by molar-refractivity contribution is -0.126. The van der Waals surface area contributed by atoms with Gasteiger partial charge in [-0.15, -0.1) is 0 Å². The van der Waals surface area contributed by atoms with Gasteiger partial charge >= 0.3 is 0 Å². The van der Waals surface area contributed by atoms with E-state index in [9.17, 15) is 13.2 Å². The molecule has 2 aromatic carbocycles. The molecule has 0 saturated carbocycles. The van der Waals surface area contributed by atoms with Gasteiger partial charge in [-0.25, -0.2) is 8.42 Å². The SMILES string of the molecule is NCc1ccccc1CNC(=O)C1CCN(S(=O)(=O)c2cc(Cl)cc(Cl)c2)CC1. The molecule has 1 aliphatic rings. The number of rotatable bonds is 6. The van der Waals surface area contributed by atoms with Gasteiger partial charge in [0.2, 0.25) is 15.9 Å². The molecule has 6 nitrogen and oxygen atoms in total. The van der Waals surface area contributed by atoms with Gasteiger partial charge in [-0.05, 0) is 42.2 Å².